The van der Waals surface area contributed by atoms with Crippen molar-refractivity contribution < 1.29 is 33.9 Å². The molecule has 0 amide bonds. The van der Waals surface area contributed by atoms with Crippen molar-refractivity contribution in [3.05, 3.63) is 7.43 Å². The average molecular weight is 150 g/mol. The molecule has 0 bridgehead atoms. The maximum Gasteiger partial charge on any atom is 0 e. The van der Waals surface area contributed by atoms with E-state index in [0.29, 0.717) is 0 Å². The van der Waals surface area contributed by atoms with Gasteiger partial charge >= 0.3 is 0 Å². The van der Waals surface area contributed by atoms with Gasteiger partial charge in [0.05, 0.1) is 0 Å². The molecule has 0 aromatic carbocycles. The molecule has 0 heterocycles. The molecule has 0 saturated heterocycles. The smallest absolute Gasteiger partial charge is 0 e. The molecule has 0 aliphatic carbocycles. The topological polar surface area (TPSA) is 0 Å². The molecule has 0 atom stereocenters. The third-order valence-corrected chi connectivity index (χ3v) is 0. The summed E-state index contributed by atoms with van der Waals surface area (Å²) >= 11 is 0. The van der Waals surface area contributed by atoms with Crippen LogP contribution in [-0.4, -0.2) is 17.4 Å². The summed E-state index contributed by atoms with van der Waals surface area (Å²) in [6, 6.07) is 0. The van der Waals surface area contributed by atoms with Crippen LogP contribution in [0.4, 0.5) is 0 Å². The molecule has 0 fully saturated rings. The van der Waals surface area contributed by atoms with Crippen LogP contribution in [0, 0.1) is 7.43 Å². The molecule has 0 aromatic heterocycles. The molecule has 0 rings (SSSR count). The maximum absolute atomic E-state index is 0. The molecule has 3 heteroatoms. The minimum Gasteiger partial charge on any atom is 0 e. The van der Waals surface area contributed by atoms with Crippen molar-refractivity contribution in [1.29, 1.82) is 0 Å². The zero-order valence-electron chi connectivity index (χ0n) is 1.80. The zero-order valence-corrected chi connectivity index (χ0v) is 5.22. The molecule has 0 saturated carbocycles. The second kappa shape index (κ2) is 23.8. The Morgan fingerprint density at radius 3 is 1.00 bits per heavy atom. The van der Waals surface area contributed by atoms with Crippen LogP contribution in [0.3, 0.4) is 0 Å². The first-order chi connectivity index (χ1) is 0. The summed E-state index contributed by atoms with van der Waals surface area (Å²) in [4.78, 5) is 0. The van der Waals surface area contributed by atoms with Crippen molar-refractivity contribution in [3.63, 3.8) is 0 Å². The van der Waals surface area contributed by atoms with Crippen LogP contribution >= 0.6 is 0 Å². The second-order valence-corrected chi connectivity index (χ2v) is 0. The van der Waals surface area contributed by atoms with Crippen LogP contribution in [0.25, 0.3) is 0 Å². The number of hydrogen-bond acceptors (Lipinski definition) is 0. The summed E-state index contributed by atoms with van der Waals surface area (Å²) in [6.07, 6.45) is 0. The van der Waals surface area contributed by atoms with E-state index in [4.69, 9.17) is 0 Å². The van der Waals surface area contributed by atoms with E-state index in [9.17, 15) is 0 Å². The fourth-order valence-electron chi connectivity index (χ4n) is 0. The van der Waals surface area contributed by atoms with Gasteiger partial charge in [-0.3, -0.25) is 0 Å². The first-order valence-electron chi connectivity index (χ1n) is 0. The minimum absolute atomic E-state index is 0. The quantitative estimate of drug-likeness (QED) is 0.415. The van der Waals surface area contributed by atoms with Crippen molar-refractivity contribution in [2.24, 2.45) is 0 Å². The van der Waals surface area contributed by atoms with Crippen molar-refractivity contribution in [1.82, 2.24) is 0 Å². The summed E-state index contributed by atoms with van der Waals surface area (Å²) < 4.78 is 0. The molecule has 0 unspecified atom stereocenters. The monoisotopic (exact) mass is 149 g/mol. The molecule has 4 heavy (non-hydrogen) atoms. The van der Waals surface area contributed by atoms with Crippen molar-refractivity contribution in [3.8, 4) is 0 Å². The summed E-state index contributed by atoms with van der Waals surface area (Å²) in [6.45, 7) is 0. The Hall–Kier alpha value is 1.56. The van der Waals surface area contributed by atoms with Crippen LogP contribution in [-0.2, 0) is 33.9 Å². The Bertz CT molecular complexity index is 8.00. The largest absolute Gasteiger partial charge is 0 e. The molecule has 0 nitrogen and oxygen atoms in total. The Kier molecular flexibility index (Phi) is 283. The number of hydrogen-bond donors (Lipinski definition) is 0. The van der Waals surface area contributed by atoms with Crippen LogP contribution in [0.2, 0.25) is 0 Å². The summed E-state index contributed by atoms with van der Waals surface area (Å²) in [5, 5.41) is 0. The van der Waals surface area contributed by atoms with E-state index in [2.05, 4.69) is 0 Å². The standard InChI is InChI=1S/C.Al.Cr.Ni. The first-order valence-corrected chi connectivity index (χ1v) is 0. The molecule has 0 aromatic rings. The third kappa shape index (κ3) is 9.59. The van der Waals surface area contributed by atoms with Gasteiger partial charge in [0.2, 0.25) is 0 Å². The first kappa shape index (κ1) is 47.6. The van der Waals surface area contributed by atoms with E-state index in [1.54, 1.807) is 0 Å². The predicted molar refractivity (Wildman–Crippen MR) is 9.00 cm³/mol. The average Bonchev–Trinajstić information content (AvgIpc) is 0. The molecule has 0 N–H and O–H groups in total. The summed E-state index contributed by atoms with van der Waals surface area (Å²) in [5.74, 6) is 0. The molecular formula is CAlCrNi. The molecule has 23 valence electrons. The molecule has 7 radical (unpaired) electrons. The van der Waals surface area contributed by atoms with Gasteiger partial charge in [-0.25, -0.2) is 0 Å². The van der Waals surface area contributed by atoms with E-state index in [1.807, 2.05) is 0 Å². The van der Waals surface area contributed by atoms with Crippen molar-refractivity contribution in [2.45, 2.75) is 0 Å². The van der Waals surface area contributed by atoms with Crippen LogP contribution in [0.5, 0.6) is 0 Å². The van der Waals surface area contributed by atoms with Crippen LogP contribution in [0.15, 0.2) is 0 Å². The summed E-state index contributed by atoms with van der Waals surface area (Å²) in [7, 11) is 0. The fraction of sp³-hybridized carbons (Fsp3) is 0. The van der Waals surface area contributed by atoms with Gasteiger partial charge in [-0.05, 0) is 0 Å². The molecule has 0 aliphatic rings. The van der Waals surface area contributed by atoms with Gasteiger partial charge in [0.15, 0.2) is 0 Å². The van der Waals surface area contributed by atoms with Crippen LogP contribution < -0.4 is 0 Å². The van der Waals surface area contributed by atoms with Gasteiger partial charge in [0, 0.05) is 58.6 Å². The van der Waals surface area contributed by atoms with Gasteiger partial charge in [-0.2, -0.15) is 0 Å². The van der Waals surface area contributed by atoms with Crippen LogP contribution in [0.1, 0.15) is 0 Å². The van der Waals surface area contributed by atoms with E-state index < -0.39 is 0 Å². The zero-order chi connectivity index (χ0) is 0. The van der Waals surface area contributed by atoms with E-state index in [1.165, 1.54) is 0 Å². The van der Waals surface area contributed by atoms with Gasteiger partial charge in [0.1, 0.15) is 0 Å². The Labute approximate surface area is 58.5 Å². The van der Waals surface area contributed by atoms with Crippen molar-refractivity contribution >= 4 is 17.4 Å². The second-order valence-electron chi connectivity index (χ2n) is 0. The normalized spacial score (nSPS) is 0. The molecule has 0 aliphatic heterocycles. The molecule has 0 spiro atoms. The molecular weight excluding hydrogens is 150 g/mol. The van der Waals surface area contributed by atoms with Gasteiger partial charge in [-0.1, -0.05) is 0 Å². The predicted octanol–water partition coefficient (Wildman–Crippen LogP) is -0.305. The van der Waals surface area contributed by atoms with Crippen molar-refractivity contribution in [2.75, 3.05) is 0 Å². The summed E-state index contributed by atoms with van der Waals surface area (Å²) in [5.41, 5.74) is 0. The van der Waals surface area contributed by atoms with E-state index in [-0.39, 0.29) is 58.6 Å². The Morgan fingerprint density at radius 2 is 1.00 bits per heavy atom. The number of rotatable bonds is 0. The van der Waals surface area contributed by atoms with E-state index in [0.717, 1.165) is 0 Å². The SMILES string of the molecule is [Al].[C].[Cr].[Ni]. The fourth-order valence-corrected chi connectivity index (χ4v) is 0. The van der Waals surface area contributed by atoms with Gasteiger partial charge < -0.3 is 0 Å². The van der Waals surface area contributed by atoms with Gasteiger partial charge in [0.25, 0.3) is 0 Å². The van der Waals surface area contributed by atoms with Gasteiger partial charge in [-0.15, -0.1) is 0 Å². The maximum atomic E-state index is 0. The van der Waals surface area contributed by atoms with E-state index >= 15 is 0 Å². The Morgan fingerprint density at radius 1 is 1.00 bits per heavy atom. The third-order valence-electron chi connectivity index (χ3n) is 0. The Balaban J connectivity index is 0. The minimum atomic E-state index is 0.